The van der Waals surface area contributed by atoms with E-state index in [1.54, 1.807) is 0 Å². The normalized spacial score (nSPS) is 12.7. The van der Waals surface area contributed by atoms with Gasteiger partial charge in [0.15, 0.2) is 0 Å². The molecule has 2 aromatic carbocycles. The van der Waals surface area contributed by atoms with Crippen LogP contribution >= 0.6 is 0 Å². The summed E-state index contributed by atoms with van der Waals surface area (Å²) in [4.78, 5) is 3.37. The van der Waals surface area contributed by atoms with Crippen LogP contribution in [-0.4, -0.2) is 4.98 Å². The fraction of sp³-hybridized carbons (Fsp3) is 0.222. The van der Waals surface area contributed by atoms with Crippen molar-refractivity contribution < 1.29 is 0 Å². The lowest BCUT2D eigenvalue weighted by molar-refractivity contribution is 0.663. The van der Waals surface area contributed by atoms with Gasteiger partial charge in [-0.1, -0.05) is 55.5 Å². The molecule has 0 aliphatic carbocycles. The molecule has 19 heavy (non-hydrogen) atoms. The molecule has 0 amide bonds. The maximum absolute atomic E-state index is 3.37. The van der Waals surface area contributed by atoms with Crippen molar-refractivity contribution in [2.24, 2.45) is 0 Å². The van der Waals surface area contributed by atoms with Gasteiger partial charge in [-0.15, -0.1) is 0 Å². The van der Waals surface area contributed by atoms with Crippen LogP contribution in [0.3, 0.4) is 0 Å². The highest BCUT2D eigenvalue weighted by Crippen LogP contribution is 2.27. The van der Waals surface area contributed by atoms with E-state index in [2.05, 4.69) is 72.7 Å². The number of fused-ring (bicyclic) bond motifs is 1. The Balaban J connectivity index is 1.91. The number of nitrogens with one attached hydrogen (secondary N) is 1. The monoisotopic (exact) mass is 249 g/mol. The van der Waals surface area contributed by atoms with Crippen LogP contribution in [0.5, 0.6) is 0 Å². The Morgan fingerprint density at radius 3 is 2.47 bits per heavy atom. The summed E-state index contributed by atoms with van der Waals surface area (Å²) in [6.45, 7) is 2.27. The highest BCUT2D eigenvalue weighted by molar-refractivity contribution is 5.83. The molecule has 0 fully saturated rings. The number of aromatic nitrogens is 1. The molecule has 0 spiro atoms. The Bertz CT molecular complexity index is 652. The third-order valence-electron chi connectivity index (χ3n) is 3.91. The zero-order valence-electron chi connectivity index (χ0n) is 11.3. The first-order chi connectivity index (χ1) is 9.38. The van der Waals surface area contributed by atoms with Crippen LogP contribution < -0.4 is 0 Å². The van der Waals surface area contributed by atoms with Crippen molar-refractivity contribution in [2.75, 3.05) is 0 Å². The summed E-state index contributed by atoms with van der Waals surface area (Å²) in [6.07, 6.45) is 4.43. The van der Waals surface area contributed by atoms with Crippen LogP contribution in [0.25, 0.3) is 10.9 Å². The van der Waals surface area contributed by atoms with E-state index in [1.807, 2.05) is 0 Å². The Hall–Kier alpha value is -2.02. The van der Waals surface area contributed by atoms with Crippen LogP contribution in [0.4, 0.5) is 0 Å². The van der Waals surface area contributed by atoms with Gasteiger partial charge in [0, 0.05) is 17.1 Å². The van der Waals surface area contributed by atoms with E-state index in [0.29, 0.717) is 5.92 Å². The molecular formula is C18H19N. The van der Waals surface area contributed by atoms with Gasteiger partial charge in [-0.3, -0.25) is 0 Å². The molecule has 3 aromatic rings. The minimum absolute atomic E-state index is 0.598. The third kappa shape index (κ3) is 2.41. The topological polar surface area (TPSA) is 15.8 Å². The fourth-order valence-electron chi connectivity index (χ4n) is 2.79. The second-order valence-corrected chi connectivity index (χ2v) is 5.08. The molecule has 1 heteroatoms. The second kappa shape index (κ2) is 5.31. The van der Waals surface area contributed by atoms with Gasteiger partial charge in [0.05, 0.1) is 0 Å². The summed E-state index contributed by atoms with van der Waals surface area (Å²) in [5, 5.41) is 1.36. The van der Waals surface area contributed by atoms with Crippen LogP contribution in [-0.2, 0) is 6.42 Å². The number of H-pyrrole nitrogens is 1. The summed E-state index contributed by atoms with van der Waals surface area (Å²) in [6, 6.07) is 19.4. The van der Waals surface area contributed by atoms with Gasteiger partial charge >= 0.3 is 0 Å². The number of rotatable bonds is 4. The SMILES string of the molecule is CCC(Cc1c[nH]c2ccccc12)c1ccccc1. The molecule has 1 heterocycles. The number of aromatic amines is 1. The average Bonchev–Trinajstić information content (AvgIpc) is 2.89. The summed E-state index contributed by atoms with van der Waals surface area (Å²) in [5.74, 6) is 0.598. The Kier molecular flexibility index (Phi) is 3.37. The molecule has 1 atom stereocenters. The molecule has 1 N–H and O–H groups in total. The maximum Gasteiger partial charge on any atom is 0.0456 e. The molecule has 0 saturated heterocycles. The number of hydrogen-bond acceptors (Lipinski definition) is 0. The minimum atomic E-state index is 0.598. The number of hydrogen-bond donors (Lipinski definition) is 1. The van der Waals surface area contributed by atoms with Crippen molar-refractivity contribution in [3.05, 3.63) is 71.9 Å². The van der Waals surface area contributed by atoms with Gasteiger partial charge in [-0.25, -0.2) is 0 Å². The molecule has 0 saturated carbocycles. The van der Waals surface area contributed by atoms with Gasteiger partial charge in [-0.05, 0) is 36.0 Å². The van der Waals surface area contributed by atoms with Crippen molar-refractivity contribution in [1.29, 1.82) is 0 Å². The van der Waals surface area contributed by atoms with Crippen LogP contribution in [0.15, 0.2) is 60.8 Å². The molecule has 1 unspecified atom stereocenters. The van der Waals surface area contributed by atoms with Crippen LogP contribution in [0, 0.1) is 0 Å². The van der Waals surface area contributed by atoms with Crippen LogP contribution in [0.1, 0.15) is 30.4 Å². The number of benzene rings is 2. The lowest BCUT2D eigenvalue weighted by Crippen LogP contribution is -2.01. The molecule has 0 aliphatic heterocycles. The predicted molar refractivity (Wildman–Crippen MR) is 81.5 cm³/mol. The Morgan fingerprint density at radius 1 is 0.947 bits per heavy atom. The standard InChI is InChI=1S/C18H19N/c1-2-14(15-8-4-3-5-9-15)12-16-13-19-18-11-7-6-10-17(16)18/h3-11,13-14,19H,2,12H2,1H3. The first-order valence-corrected chi connectivity index (χ1v) is 6.98. The molecule has 96 valence electrons. The Labute approximate surface area is 114 Å². The second-order valence-electron chi connectivity index (χ2n) is 5.08. The molecular weight excluding hydrogens is 230 g/mol. The average molecular weight is 249 g/mol. The van der Waals surface area contributed by atoms with Crippen molar-refractivity contribution >= 4 is 10.9 Å². The van der Waals surface area contributed by atoms with Crippen molar-refractivity contribution in [2.45, 2.75) is 25.7 Å². The smallest absolute Gasteiger partial charge is 0.0456 e. The van der Waals surface area contributed by atoms with Crippen molar-refractivity contribution in [3.8, 4) is 0 Å². The fourth-order valence-corrected chi connectivity index (χ4v) is 2.79. The largest absolute Gasteiger partial charge is 0.361 e. The maximum atomic E-state index is 3.37. The van der Waals surface area contributed by atoms with E-state index in [-0.39, 0.29) is 0 Å². The zero-order chi connectivity index (χ0) is 13.1. The molecule has 0 radical (unpaired) electrons. The molecule has 0 aliphatic rings. The van der Waals surface area contributed by atoms with Crippen molar-refractivity contribution in [1.82, 2.24) is 4.98 Å². The van der Waals surface area contributed by atoms with E-state index in [1.165, 1.54) is 28.5 Å². The van der Waals surface area contributed by atoms with Crippen molar-refractivity contribution in [3.63, 3.8) is 0 Å². The van der Waals surface area contributed by atoms with E-state index in [4.69, 9.17) is 0 Å². The summed E-state index contributed by atoms with van der Waals surface area (Å²) in [5.41, 5.74) is 4.10. The first kappa shape index (κ1) is 12.0. The third-order valence-corrected chi connectivity index (χ3v) is 3.91. The summed E-state index contributed by atoms with van der Waals surface area (Å²) < 4.78 is 0. The predicted octanol–water partition coefficient (Wildman–Crippen LogP) is 4.90. The van der Waals surface area contributed by atoms with Gasteiger partial charge < -0.3 is 4.98 Å². The molecule has 0 bridgehead atoms. The quantitative estimate of drug-likeness (QED) is 0.676. The first-order valence-electron chi connectivity index (χ1n) is 6.98. The zero-order valence-corrected chi connectivity index (χ0v) is 11.3. The summed E-state index contributed by atoms with van der Waals surface area (Å²) in [7, 11) is 0. The lowest BCUT2D eigenvalue weighted by Gasteiger charge is -2.14. The van der Waals surface area contributed by atoms with E-state index in [9.17, 15) is 0 Å². The molecule has 1 nitrogen and oxygen atoms in total. The Morgan fingerprint density at radius 2 is 1.68 bits per heavy atom. The summed E-state index contributed by atoms with van der Waals surface area (Å²) >= 11 is 0. The van der Waals surface area contributed by atoms with Gasteiger partial charge in [0.25, 0.3) is 0 Å². The van der Waals surface area contributed by atoms with Gasteiger partial charge in [0.2, 0.25) is 0 Å². The van der Waals surface area contributed by atoms with E-state index >= 15 is 0 Å². The number of para-hydroxylation sites is 1. The van der Waals surface area contributed by atoms with E-state index < -0.39 is 0 Å². The van der Waals surface area contributed by atoms with Gasteiger partial charge in [0.1, 0.15) is 0 Å². The molecule has 3 rings (SSSR count). The highest BCUT2D eigenvalue weighted by atomic mass is 14.7. The molecule has 1 aromatic heterocycles. The lowest BCUT2D eigenvalue weighted by atomic mass is 9.90. The van der Waals surface area contributed by atoms with Gasteiger partial charge in [-0.2, -0.15) is 0 Å². The highest BCUT2D eigenvalue weighted by Gasteiger charge is 2.12. The van der Waals surface area contributed by atoms with Crippen LogP contribution in [0.2, 0.25) is 0 Å². The minimum Gasteiger partial charge on any atom is -0.361 e. The van der Waals surface area contributed by atoms with E-state index in [0.717, 1.165) is 6.42 Å².